The van der Waals surface area contributed by atoms with E-state index in [2.05, 4.69) is 62.5 Å². The highest BCUT2D eigenvalue weighted by Crippen LogP contribution is 2.29. The number of hydrogen-bond donors (Lipinski definition) is 0. The molecule has 0 spiro atoms. The second-order valence-electron chi connectivity index (χ2n) is 6.05. The maximum Gasteiger partial charge on any atom is 0.206 e. The Morgan fingerprint density at radius 3 is 2.48 bits per heavy atom. The number of aromatic nitrogens is 1. The van der Waals surface area contributed by atoms with Gasteiger partial charge in [0.2, 0.25) is 5.13 Å². The van der Waals surface area contributed by atoms with Gasteiger partial charge in [-0.1, -0.05) is 55.5 Å². The van der Waals surface area contributed by atoms with Crippen LogP contribution >= 0.6 is 11.3 Å². The zero-order chi connectivity index (χ0) is 17.6. The summed E-state index contributed by atoms with van der Waals surface area (Å²) >= 11 is 1.64. The number of hydrogen-bond acceptors (Lipinski definition) is 4. The van der Waals surface area contributed by atoms with Crippen LogP contribution in [0.1, 0.15) is 30.0 Å². The largest absolute Gasteiger partial charge is 0.239 e. The Morgan fingerprint density at radius 1 is 1.04 bits per heavy atom. The molecular weight excluding hydrogens is 326 g/mol. The van der Waals surface area contributed by atoms with Crippen molar-refractivity contribution in [1.29, 1.82) is 0 Å². The summed E-state index contributed by atoms with van der Waals surface area (Å²) in [5.41, 5.74) is 5.81. The van der Waals surface area contributed by atoms with E-state index in [0.717, 1.165) is 29.4 Å². The molecule has 0 fully saturated rings. The molecule has 0 bridgehead atoms. The van der Waals surface area contributed by atoms with Crippen LogP contribution in [-0.2, 0) is 0 Å². The number of aryl methyl sites for hydroxylation is 2. The maximum atomic E-state index is 4.83. The molecule has 0 amide bonds. The number of nitrogens with zero attached hydrogens (tertiary/aromatic N) is 3. The van der Waals surface area contributed by atoms with Crippen LogP contribution in [0.15, 0.2) is 59.0 Å². The van der Waals surface area contributed by atoms with E-state index in [-0.39, 0.29) is 0 Å². The van der Waals surface area contributed by atoms with Crippen LogP contribution in [0.3, 0.4) is 0 Å². The number of anilines is 1. The van der Waals surface area contributed by atoms with Crippen molar-refractivity contribution < 1.29 is 0 Å². The fourth-order valence-electron chi connectivity index (χ4n) is 2.64. The van der Waals surface area contributed by atoms with Gasteiger partial charge < -0.3 is 0 Å². The van der Waals surface area contributed by atoms with Gasteiger partial charge in [0, 0.05) is 17.5 Å². The molecule has 0 aliphatic heterocycles. The van der Waals surface area contributed by atoms with E-state index >= 15 is 0 Å². The standard InChI is InChI=1S/C21H23N3S/c1-4-13-24(22-14-18-11-7-5-9-16(18)2)21-23-20(15-25-21)19-12-8-6-10-17(19)3/h5-12,14-15H,4,13H2,1-3H3/b22-14+. The van der Waals surface area contributed by atoms with E-state index < -0.39 is 0 Å². The molecule has 3 aromatic rings. The summed E-state index contributed by atoms with van der Waals surface area (Å²) in [6.07, 6.45) is 2.95. The normalized spacial score (nSPS) is 11.2. The summed E-state index contributed by atoms with van der Waals surface area (Å²) in [5.74, 6) is 0. The molecule has 0 saturated heterocycles. The molecule has 3 rings (SSSR count). The first-order valence-electron chi connectivity index (χ1n) is 8.57. The van der Waals surface area contributed by atoms with Crippen molar-refractivity contribution in [3.63, 3.8) is 0 Å². The quantitative estimate of drug-likeness (QED) is 0.423. The van der Waals surface area contributed by atoms with Crippen LogP contribution < -0.4 is 5.01 Å². The second kappa shape index (κ2) is 8.08. The van der Waals surface area contributed by atoms with Crippen molar-refractivity contribution in [2.24, 2.45) is 5.10 Å². The van der Waals surface area contributed by atoms with E-state index in [0.29, 0.717) is 0 Å². The number of thiazole rings is 1. The summed E-state index contributed by atoms with van der Waals surface area (Å²) in [6, 6.07) is 16.6. The molecule has 25 heavy (non-hydrogen) atoms. The summed E-state index contributed by atoms with van der Waals surface area (Å²) in [7, 11) is 0. The topological polar surface area (TPSA) is 28.5 Å². The van der Waals surface area contributed by atoms with E-state index in [1.54, 1.807) is 11.3 Å². The lowest BCUT2D eigenvalue weighted by atomic mass is 10.1. The van der Waals surface area contributed by atoms with Gasteiger partial charge in [0.1, 0.15) is 0 Å². The lowest BCUT2D eigenvalue weighted by Gasteiger charge is -2.14. The summed E-state index contributed by atoms with van der Waals surface area (Å²) in [4.78, 5) is 4.83. The van der Waals surface area contributed by atoms with Crippen LogP contribution in [0.5, 0.6) is 0 Å². The average Bonchev–Trinajstić information content (AvgIpc) is 3.10. The zero-order valence-electron chi connectivity index (χ0n) is 14.9. The Labute approximate surface area is 153 Å². The van der Waals surface area contributed by atoms with Gasteiger partial charge >= 0.3 is 0 Å². The fraction of sp³-hybridized carbons (Fsp3) is 0.238. The smallest absolute Gasteiger partial charge is 0.206 e. The van der Waals surface area contributed by atoms with Crippen molar-refractivity contribution in [2.45, 2.75) is 27.2 Å². The minimum atomic E-state index is 0.850. The molecule has 4 heteroatoms. The third-order valence-corrected chi connectivity index (χ3v) is 4.95. The summed E-state index contributed by atoms with van der Waals surface area (Å²) < 4.78 is 0. The molecule has 0 N–H and O–H groups in total. The van der Waals surface area contributed by atoms with Gasteiger partial charge in [0.25, 0.3) is 0 Å². The first-order chi connectivity index (χ1) is 12.2. The van der Waals surface area contributed by atoms with Crippen molar-refractivity contribution >= 4 is 22.7 Å². The molecule has 0 saturated carbocycles. The Bertz CT molecular complexity index is 867. The van der Waals surface area contributed by atoms with Crippen molar-refractivity contribution in [3.05, 3.63) is 70.6 Å². The molecule has 3 nitrogen and oxygen atoms in total. The van der Waals surface area contributed by atoms with E-state index in [4.69, 9.17) is 10.1 Å². The molecule has 1 heterocycles. The van der Waals surface area contributed by atoms with Gasteiger partial charge in [-0.3, -0.25) is 0 Å². The zero-order valence-corrected chi connectivity index (χ0v) is 15.8. The van der Waals surface area contributed by atoms with Crippen molar-refractivity contribution in [2.75, 3.05) is 11.6 Å². The third-order valence-electron chi connectivity index (χ3n) is 4.09. The Hall–Kier alpha value is -2.46. The highest BCUT2D eigenvalue weighted by Gasteiger charge is 2.11. The number of rotatable bonds is 6. The van der Waals surface area contributed by atoms with Crippen LogP contribution in [0.2, 0.25) is 0 Å². The molecule has 0 radical (unpaired) electrons. The van der Waals surface area contributed by atoms with E-state index in [9.17, 15) is 0 Å². The predicted octanol–water partition coefficient (Wildman–Crippen LogP) is 5.68. The Kier molecular flexibility index (Phi) is 5.61. The predicted molar refractivity (Wildman–Crippen MR) is 109 cm³/mol. The molecule has 0 aliphatic rings. The third kappa shape index (κ3) is 4.15. The monoisotopic (exact) mass is 349 g/mol. The second-order valence-corrected chi connectivity index (χ2v) is 6.89. The fourth-order valence-corrected chi connectivity index (χ4v) is 3.45. The average molecular weight is 350 g/mol. The highest BCUT2D eigenvalue weighted by atomic mass is 32.1. The van der Waals surface area contributed by atoms with Crippen molar-refractivity contribution in [1.82, 2.24) is 4.98 Å². The van der Waals surface area contributed by atoms with Crippen LogP contribution in [0, 0.1) is 13.8 Å². The molecule has 0 atom stereocenters. The van der Waals surface area contributed by atoms with Crippen LogP contribution in [-0.4, -0.2) is 17.7 Å². The Morgan fingerprint density at radius 2 is 1.76 bits per heavy atom. The molecule has 128 valence electrons. The first-order valence-corrected chi connectivity index (χ1v) is 9.45. The minimum Gasteiger partial charge on any atom is -0.239 e. The van der Waals surface area contributed by atoms with Gasteiger partial charge in [0.05, 0.1) is 11.9 Å². The number of benzene rings is 2. The lowest BCUT2D eigenvalue weighted by Crippen LogP contribution is -2.17. The summed E-state index contributed by atoms with van der Waals surface area (Å²) in [5, 5.41) is 9.75. The van der Waals surface area contributed by atoms with E-state index in [1.807, 2.05) is 23.4 Å². The molecule has 0 unspecified atom stereocenters. The van der Waals surface area contributed by atoms with Crippen LogP contribution in [0.4, 0.5) is 5.13 Å². The molecular formula is C21H23N3S. The Balaban J connectivity index is 1.87. The molecule has 0 aliphatic carbocycles. The van der Waals surface area contributed by atoms with Gasteiger partial charge in [0.15, 0.2) is 0 Å². The maximum absolute atomic E-state index is 4.83. The SMILES string of the molecule is CCCN(/N=C/c1ccccc1C)c1nc(-c2ccccc2C)cs1. The molecule has 1 aromatic heterocycles. The van der Waals surface area contributed by atoms with Gasteiger partial charge in [-0.25, -0.2) is 9.99 Å². The van der Waals surface area contributed by atoms with E-state index in [1.165, 1.54) is 16.7 Å². The van der Waals surface area contributed by atoms with Crippen molar-refractivity contribution in [3.8, 4) is 11.3 Å². The van der Waals surface area contributed by atoms with Gasteiger partial charge in [-0.05, 0) is 37.0 Å². The highest BCUT2D eigenvalue weighted by molar-refractivity contribution is 7.14. The van der Waals surface area contributed by atoms with Gasteiger partial charge in [-0.2, -0.15) is 5.10 Å². The molecule has 2 aromatic carbocycles. The minimum absolute atomic E-state index is 0.850. The number of hydrazone groups is 1. The van der Waals surface area contributed by atoms with Crippen LogP contribution in [0.25, 0.3) is 11.3 Å². The van der Waals surface area contributed by atoms with Gasteiger partial charge in [-0.15, -0.1) is 11.3 Å². The summed E-state index contributed by atoms with van der Waals surface area (Å²) in [6.45, 7) is 7.23. The lowest BCUT2D eigenvalue weighted by molar-refractivity contribution is 0.805. The first kappa shape index (κ1) is 17.4.